The number of amides is 2. The number of carbonyl (C=O) groups excluding carboxylic acids is 2. The summed E-state index contributed by atoms with van der Waals surface area (Å²) in [5.41, 5.74) is 4.50. The van der Waals surface area contributed by atoms with Gasteiger partial charge in [-0.3, -0.25) is 19.4 Å². The lowest BCUT2D eigenvalue weighted by Crippen LogP contribution is -2.25. The third-order valence-electron chi connectivity index (χ3n) is 9.75. The molecule has 2 amide bonds. The van der Waals surface area contributed by atoms with Crippen LogP contribution in [0.3, 0.4) is 0 Å². The van der Waals surface area contributed by atoms with Crippen molar-refractivity contribution in [3.8, 4) is 58.5 Å². The Morgan fingerprint density at radius 1 is 0.389 bits per heavy atom. The molecule has 0 aromatic carbocycles. The molecule has 0 N–H and O–H groups in total. The Hall–Kier alpha value is -4.50. The first-order valence-corrected chi connectivity index (χ1v) is 23.5. The van der Waals surface area contributed by atoms with Crippen LogP contribution in [-0.4, -0.2) is 21.6 Å². The molecule has 0 aliphatic carbocycles. The summed E-state index contributed by atoms with van der Waals surface area (Å²) in [4.78, 5) is 48.6. The van der Waals surface area contributed by atoms with E-state index in [1.807, 2.05) is 47.2 Å². The van der Waals surface area contributed by atoms with E-state index in [0.717, 1.165) is 30.6 Å². The fourth-order valence-corrected chi connectivity index (χ4v) is 15.7. The van der Waals surface area contributed by atoms with Crippen molar-refractivity contribution in [2.24, 2.45) is 0 Å². The summed E-state index contributed by atoms with van der Waals surface area (Å²) in [6.07, 6.45) is 7.69. The molecule has 0 spiro atoms. The lowest BCUT2D eigenvalue weighted by molar-refractivity contribution is -0.122. The van der Waals surface area contributed by atoms with Crippen LogP contribution in [0.1, 0.15) is 20.9 Å². The molecular formula is C42H20N2O2S8. The topological polar surface area (TPSA) is 40.6 Å². The van der Waals surface area contributed by atoms with Gasteiger partial charge >= 0.3 is 0 Å². The monoisotopic (exact) mass is 840 g/mol. The van der Waals surface area contributed by atoms with Crippen molar-refractivity contribution in [1.29, 1.82) is 0 Å². The Kier molecular flexibility index (Phi) is 7.07. The molecule has 12 heterocycles. The summed E-state index contributed by atoms with van der Waals surface area (Å²) in [6, 6.07) is 30.5. The second kappa shape index (κ2) is 12.0. The fourth-order valence-electron chi connectivity index (χ4n) is 7.30. The van der Waals surface area contributed by atoms with Crippen LogP contribution >= 0.6 is 90.7 Å². The minimum atomic E-state index is -0.144. The number of nitrogens with zero attached hydrogens (tertiary/aromatic N) is 2. The van der Waals surface area contributed by atoms with Gasteiger partial charge in [0.15, 0.2) is 0 Å². The lowest BCUT2D eigenvalue weighted by atomic mass is 10.0. The second-order valence-electron chi connectivity index (χ2n) is 12.8. The molecule has 258 valence electrons. The molecule has 0 radical (unpaired) electrons. The molecule has 0 unspecified atom stereocenters. The quantitative estimate of drug-likeness (QED) is 0.167. The van der Waals surface area contributed by atoms with E-state index in [9.17, 15) is 9.59 Å². The van der Waals surface area contributed by atoms with Gasteiger partial charge in [-0.15, -0.1) is 90.7 Å². The molecular weight excluding hydrogens is 821 g/mol. The molecule has 4 aliphatic heterocycles. The molecule has 12 heteroatoms. The van der Waals surface area contributed by atoms with Crippen LogP contribution in [0.25, 0.3) is 82.1 Å². The number of hydrogen-bond donors (Lipinski definition) is 0. The number of carbonyl (C=O) groups is 2. The van der Waals surface area contributed by atoms with Crippen LogP contribution < -0.4 is 0 Å². The van der Waals surface area contributed by atoms with E-state index < -0.39 is 0 Å². The van der Waals surface area contributed by atoms with E-state index in [2.05, 4.69) is 95.7 Å². The van der Waals surface area contributed by atoms with Crippen LogP contribution in [0.15, 0.2) is 119 Å². The number of fused-ring (bicyclic) bond motifs is 7. The third kappa shape index (κ3) is 4.72. The van der Waals surface area contributed by atoms with Gasteiger partial charge in [0.25, 0.3) is 11.8 Å². The fraction of sp³-hybridized carbons (Fsp3) is 0. The Balaban J connectivity index is 0.892. The third-order valence-corrected chi connectivity index (χ3v) is 19.3. The van der Waals surface area contributed by atoms with Crippen molar-refractivity contribution >= 4 is 126 Å². The van der Waals surface area contributed by atoms with Crippen molar-refractivity contribution < 1.29 is 9.59 Å². The highest BCUT2D eigenvalue weighted by Gasteiger charge is 2.50. The molecule has 4 aliphatic rings. The van der Waals surface area contributed by atoms with Gasteiger partial charge in [0.2, 0.25) is 0 Å². The molecule has 0 saturated heterocycles. The highest BCUT2D eigenvalue weighted by molar-refractivity contribution is 7.29. The van der Waals surface area contributed by atoms with E-state index in [-0.39, 0.29) is 11.8 Å². The van der Waals surface area contributed by atoms with Crippen LogP contribution in [0.4, 0.5) is 0 Å². The maximum atomic E-state index is 14.3. The summed E-state index contributed by atoms with van der Waals surface area (Å²) >= 11 is 14.0. The van der Waals surface area contributed by atoms with Crippen molar-refractivity contribution in [2.45, 2.75) is 0 Å². The minimum Gasteiger partial charge on any atom is -0.281 e. The molecule has 0 atom stereocenters. The average Bonchev–Trinajstić information content (AvgIpc) is 4.04. The van der Waals surface area contributed by atoms with Crippen LogP contribution in [-0.2, 0) is 9.59 Å². The Bertz CT molecular complexity index is 2790. The number of rotatable bonds is 6. The van der Waals surface area contributed by atoms with Gasteiger partial charge in [0.05, 0.1) is 32.3 Å². The lowest BCUT2D eigenvalue weighted by Gasteiger charge is -2.24. The van der Waals surface area contributed by atoms with Gasteiger partial charge in [-0.05, 0) is 107 Å². The molecule has 0 fully saturated rings. The minimum absolute atomic E-state index is 0.144. The largest absolute Gasteiger partial charge is 0.281 e. The van der Waals surface area contributed by atoms with Crippen LogP contribution in [0, 0.1) is 0 Å². The maximum absolute atomic E-state index is 14.3. The first-order valence-electron chi connectivity index (χ1n) is 16.9. The van der Waals surface area contributed by atoms with Crippen LogP contribution in [0.5, 0.6) is 0 Å². The molecule has 8 aromatic heterocycles. The predicted molar refractivity (Wildman–Crippen MR) is 234 cm³/mol. The van der Waals surface area contributed by atoms with Crippen molar-refractivity contribution in [3.05, 3.63) is 140 Å². The average molecular weight is 841 g/mol. The predicted octanol–water partition coefficient (Wildman–Crippen LogP) is 14.0. The summed E-state index contributed by atoms with van der Waals surface area (Å²) in [5.74, 6) is -0.289. The zero-order valence-corrected chi connectivity index (χ0v) is 34.1. The molecule has 54 heavy (non-hydrogen) atoms. The van der Waals surface area contributed by atoms with E-state index in [1.54, 1.807) is 77.8 Å². The van der Waals surface area contributed by atoms with Gasteiger partial charge in [0.1, 0.15) is 0 Å². The Morgan fingerprint density at radius 3 is 1.09 bits per heavy atom. The van der Waals surface area contributed by atoms with E-state index >= 15 is 0 Å². The van der Waals surface area contributed by atoms with Gasteiger partial charge in [-0.25, -0.2) is 0 Å². The van der Waals surface area contributed by atoms with E-state index in [4.69, 9.17) is 0 Å². The number of hydrogen-bond acceptors (Lipinski definition) is 10. The Morgan fingerprint density at radius 2 is 0.741 bits per heavy atom. The molecule has 4 nitrogen and oxygen atoms in total. The van der Waals surface area contributed by atoms with Gasteiger partial charge in [-0.2, -0.15) is 0 Å². The summed E-state index contributed by atoms with van der Waals surface area (Å²) in [5, 5.41) is 4.23. The van der Waals surface area contributed by atoms with E-state index in [1.165, 1.54) is 48.8 Å². The van der Waals surface area contributed by atoms with Crippen LogP contribution in [0.2, 0.25) is 0 Å². The van der Waals surface area contributed by atoms with Crippen molar-refractivity contribution in [3.63, 3.8) is 0 Å². The standard InChI is InChI=1S/C42H20N2O2S8/c45-41-35-36(38-40-22(14-16-44(38)41)20-34(54-40)32-12-10-30(52-32)28-8-6-26(50-28)24-4-2-18-48-24)42(46)43-15-13-21-19-33(53-39(21)37(35)43)31-11-9-29(51-31)27-7-5-25(49-27)23-3-1-17-47-23/h1-20H. The van der Waals surface area contributed by atoms with Gasteiger partial charge in [-0.1, -0.05) is 12.1 Å². The highest BCUT2D eigenvalue weighted by atomic mass is 32.1. The van der Waals surface area contributed by atoms with E-state index in [0.29, 0.717) is 22.5 Å². The highest BCUT2D eigenvalue weighted by Crippen LogP contribution is 2.55. The molecule has 0 bridgehead atoms. The summed E-state index contributed by atoms with van der Waals surface area (Å²) in [7, 11) is 0. The zero-order valence-electron chi connectivity index (χ0n) is 27.5. The summed E-state index contributed by atoms with van der Waals surface area (Å²) < 4.78 is 0. The first-order chi connectivity index (χ1) is 26.6. The zero-order chi connectivity index (χ0) is 35.7. The maximum Gasteiger partial charge on any atom is 0.265 e. The Labute approximate surface area is 341 Å². The van der Waals surface area contributed by atoms with Crippen molar-refractivity contribution in [2.75, 3.05) is 0 Å². The molecule has 12 rings (SSSR count). The first kappa shape index (κ1) is 31.8. The smallest absolute Gasteiger partial charge is 0.265 e. The van der Waals surface area contributed by atoms with Crippen molar-refractivity contribution in [1.82, 2.24) is 9.80 Å². The number of thiophene rings is 8. The molecule has 0 saturated carbocycles. The SMILES string of the molecule is O=C1C2=C3c4sc(-c5ccc(-c6ccc(-c7cccs7)s6)s5)cc4C=CN3C(=O)C2=C2c3sc(-c4ccc(-c5ccc(-c6cccs6)s5)s4)cc3C=CN12. The second-order valence-corrected chi connectivity index (χ2v) is 21.2. The van der Waals surface area contributed by atoms with Gasteiger partial charge in [0, 0.05) is 70.9 Å². The summed E-state index contributed by atoms with van der Waals surface area (Å²) in [6.45, 7) is 0. The van der Waals surface area contributed by atoms with Gasteiger partial charge < -0.3 is 0 Å². The normalized spacial score (nSPS) is 15.5. The molecule has 8 aromatic rings.